The zero-order valence-corrected chi connectivity index (χ0v) is 20.6. The number of ether oxygens (including phenoxy) is 2. The molecule has 0 bridgehead atoms. The van der Waals surface area contributed by atoms with Crippen molar-refractivity contribution in [2.24, 2.45) is 4.99 Å². The monoisotopic (exact) mass is 532 g/mol. The predicted octanol–water partition coefficient (Wildman–Crippen LogP) is 2.37. The number of nitrogens with zero attached hydrogens (tertiary/aromatic N) is 2. The summed E-state index contributed by atoms with van der Waals surface area (Å²) in [6.07, 6.45) is 3.88. The van der Waals surface area contributed by atoms with Gasteiger partial charge in [0.1, 0.15) is 5.75 Å². The van der Waals surface area contributed by atoms with Crippen LogP contribution in [0.3, 0.4) is 0 Å². The zero-order valence-electron chi connectivity index (χ0n) is 18.2. The average molecular weight is 532 g/mol. The minimum absolute atomic E-state index is 0. The van der Waals surface area contributed by atoms with Crippen molar-refractivity contribution < 1.29 is 14.6 Å². The van der Waals surface area contributed by atoms with Crippen LogP contribution in [0.25, 0.3) is 0 Å². The standard InChI is InChI=1S/C22H36N4O3.HI/c1-3-23-21(25-16-22(2,27)17-26-11-13-28-14-12-26)24-15-18-7-4-5-10-20(18)29-19-8-6-9-19;/h4-5,7,10,19,27H,3,6,8-9,11-17H2,1-2H3,(H2,23,24,25);1H. The molecule has 1 aromatic carbocycles. The quantitative estimate of drug-likeness (QED) is 0.258. The van der Waals surface area contributed by atoms with E-state index in [9.17, 15) is 5.11 Å². The number of hydrogen-bond donors (Lipinski definition) is 3. The maximum Gasteiger partial charge on any atom is 0.191 e. The lowest BCUT2D eigenvalue weighted by atomic mass is 9.96. The number of para-hydroxylation sites is 1. The second-order valence-electron chi connectivity index (χ2n) is 8.21. The van der Waals surface area contributed by atoms with Crippen molar-refractivity contribution in [3.05, 3.63) is 29.8 Å². The van der Waals surface area contributed by atoms with Gasteiger partial charge >= 0.3 is 0 Å². The Morgan fingerprint density at radius 1 is 1.27 bits per heavy atom. The third-order valence-electron chi connectivity index (χ3n) is 5.37. The van der Waals surface area contributed by atoms with E-state index in [2.05, 4.69) is 21.6 Å². The van der Waals surface area contributed by atoms with Gasteiger partial charge in [0.05, 0.1) is 31.5 Å². The maximum absolute atomic E-state index is 10.8. The van der Waals surface area contributed by atoms with Gasteiger partial charge in [-0.15, -0.1) is 24.0 Å². The van der Waals surface area contributed by atoms with E-state index < -0.39 is 5.60 Å². The predicted molar refractivity (Wildman–Crippen MR) is 131 cm³/mol. The summed E-state index contributed by atoms with van der Waals surface area (Å²) in [5, 5.41) is 17.4. The highest BCUT2D eigenvalue weighted by molar-refractivity contribution is 14.0. The van der Waals surface area contributed by atoms with Crippen LogP contribution >= 0.6 is 24.0 Å². The SMILES string of the molecule is CCNC(=NCc1ccccc1OC1CCC1)NCC(C)(O)CN1CCOCC1.I. The lowest BCUT2D eigenvalue weighted by Gasteiger charge is -2.34. The van der Waals surface area contributed by atoms with Crippen LogP contribution in [0, 0.1) is 0 Å². The van der Waals surface area contributed by atoms with Crippen molar-refractivity contribution in [1.82, 2.24) is 15.5 Å². The summed E-state index contributed by atoms with van der Waals surface area (Å²) in [4.78, 5) is 6.95. The molecule has 170 valence electrons. The Labute approximate surface area is 197 Å². The molecule has 1 aliphatic carbocycles. The molecule has 1 aliphatic heterocycles. The van der Waals surface area contributed by atoms with Crippen molar-refractivity contribution in [2.75, 3.05) is 45.9 Å². The summed E-state index contributed by atoms with van der Waals surface area (Å²) in [6.45, 7) is 9.42. The van der Waals surface area contributed by atoms with E-state index in [1.807, 2.05) is 32.0 Å². The van der Waals surface area contributed by atoms with Crippen molar-refractivity contribution in [1.29, 1.82) is 0 Å². The minimum Gasteiger partial charge on any atom is -0.490 e. The van der Waals surface area contributed by atoms with E-state index in [-0.39, 0.29) is 24.0 Å². The van der Waals surface area contributed by atoms with E-state index in [4.69, 9.17) is 14.5 Å². The molecule has 7 nitrogen and oxygen atoms in total. The topological polar surface area (TPSA) is 78.4 Å². The van der Waals surface area contributed by atoms with E-state index in [1.165, 1.54) is 6.42 Å². The summed E-state index contributed by atoms with van der Waals surface area (Å²) in [5.74, 6) is 1.63. The first-order valence-electron chi connectivity index (χ1n) is 10.8. The van der Waals surface area contributed by atoms with Gasteiger partial charge in [-0.25, -0.2) is 4.99 Å². The average Bonchev–Trinajstić information content (AvgIpc) is 2.68. The second-order valence-corrected chi connectivity index (χ2v) is 8.21. The molecule has 1 aromatic rings. The minimum atomic E-state index is -0.848. The Morgan fingerprint density at radius 2 is 2.00 bits per heavy atom. The molecule has 2 fully saturated rings. The van der Waals surface area contributed by atoms with E-state index in [1.54, 1.807) is 0 Å². The number of halogens is 1. The van der Waals surface area contributed by atoms with Gasteiger partial charge in [-0.1, -0.05) is 18.2 Å². The van der Waals surface area contributed by atoms with E-state index >= 15 is 0 Å². The van der Waals surface area contributed by atoms with Crippen LogP contribution in [0.4, 0.5) is 0 Å². The van der Waals surface area contributed by atoms with Crippen LogP contribution in [0.1, 0.15) is 38.7 Å². The molecule has 3 rings (SSSR count). The molecule has 1 unspecified atom stereocenters. The molecule has 1 heterocycles. The van der Waals surface area contributed by atoms with Crippen LogP contribution in [0.5, 0.6) is 5.75 Å². The molecule has 8 heteroatoms. The highest BCUT2D eigenvalue weighted by Gasteiger charge is 2.25. The van der Waals surface area contributed by atoms with Crippen LogP contribution < -0.4 is 15.4 Å². The third-order valence-corrected chi connectivity index (χ3v) is 5.37. The molecule has 30 heavy (non-hydrogen) atoms. The molecule has 0 aromatic heterocycles. The Morgan fingerprint density at radius 3 is 2.67 bits per heavy atom. The lowest BCUT2D eigenvalue weighted by Crippen LogP contribution is -2.52. The highest BCUT2D eigenvalue weighted by atomic mass is 127. The normalized spacial score (nSPS) is 19.9. The zero-order chi connectivity index (χ0) is 20.5. The number of benzene rings is 1. The number of morpholine rings is 1. The van der Waals surface area contributed by atoms with Gasteiger partial charge in [-0.05, 0) is 39.2 Å². The molecule has 2 aliphatic rings. The first kappa shape index (κ1) is 25.2. The smallest absolute Gasteiger partial charge is 0.191 e. The molecule has 1 saturated carbocycles. The molecule has 0 radical (unpaired) electrons. The van der Waals surface area contributed by atoms with Gasteiger partial charge in [0.25, 0.3) is 0 Å². The number of β-amino-alcohol motifs (C(OH)–C–C–N with tert-alkyl or cyclic N) is 1. The fourth-order valence-electron chi connectivity index (χ4n) is 3.49. The summed E-state index contributed by atoms with van der Waals surface area (Å²) in [7, 11) is 0. The van der Waals surface area contributed by atoms with Crippen LogP contribution in [0.15, 0.2) is 29.3 Å². The second kappa shape index (κ2) is 12.7. The molecular formula is C22H37IN4O3. The number of rotatable bonds is 9. The van der Waals surface area contributed by atoms with Gasteiger partial charge in [0.2, 0.25) is 0 Å². The molecule has 0 amide bonds. The fourth-order valence-corrected chi connectivity index (χ4v) is 3.49. The van der Waals surface area contributed by atoms with Gasteiger partial charge < -0.3 is 25.2 Å². The van der Waals surface area contributed by atoms with Gasteiger partial charge in [-0.2, -0.15) is 0 Å². The Hall–Kier alpha value is -1.10. The lowest BCUT2D eigenvalue weighted by molar-refractivity contribution is -0.0201. The van der Waals surface area contributed by atoms with Crippen LogP contribution in [0.2, 0.25) is 0 Å². The van der Waals surface area contributed by atoms with Gasteiger partial charge in [-0.3, -0.25) is 4.90 Å². The van der Waals surface area contributed by atoms with Gasteiger partial charge in [0, 0.05) is 38.3 Å². The summed E-state index contributed by atoms with van der Waals surface area (Å²) >= 11 is 0. The summed E-state index contributed by atoms with van der Waals surface area (Å²) < 4.78 is 11.5. The molecule has 3 N–H and O–H groups in total. The Bertz CT molecular complexity index is 662. The van der Waals surface area contributed by atoms with Crippen molar-refractivity contribution in [3.8, 4) is 5.75 Å². The number of aliphatic hydroxyl groups is 1. The molecule has 0 spiro atoms. The number of nitrogens with one attached hydrogen (secondary N) is 2. The number of aliphatic imine (C=N–C) groups is 1. The molecule has 1 saturated heterocycles. The van der Waals surface area contributed by atoms with Crippen molar-refractivity contribution >= 4 is 29.9 Å². The Balaban J connectivity index is 0.00000320. The summed E-state index contributed by atoms with van der Waals surface area (Å²) in [6, 6.07) is 8.12. The molecular weight excluding hydrogens is 495 g/mol. The number of guanidine groups is 1. The van der Waals surface area contributed by atoms with Crippen LogP contribution in [-0.2, 0) is 11.3 Å². The fraction of sp³-hybridized carbons (Fsp3) is 0.682. The maximum atomic E-state index is 10.8. The van der Waals surface area contributed by atoms with E-state index in [0.29, 0.717) is 31.7 Å². The van der Waals surface area contributed by atoms with E-state index in [0.717, 1.165) is 57.0 Å². The first-order valence-corrected chi connectivity index (χ1v) is 10.8. The highest BCUT2D eigenvalue weighted by Crippen LogP contribution is 2.27. The number of hydrogen-bond acceptors (Lipinski definition) is 5. The van der Waals surface area contributed by atoms with Gasteiger partial charge in [0.15, 0.2) is 5.96 Å². The largest absolute Gasteiger partial charge is 0.490 e. The van der Waals surface area contributed by atoms with Crippen molar-refractivity contribution in [3.63, 3.8) is 0 Å². The molecule has 1 atom stereocenters. The Kier molecular flexibility index (Phi) is 10.6. The third kappa shape index (κ3) is 8.20. The summed E-state index contributed by atoms with van der Waals surface area (Å²) in [5.41, 5.74) is 0.232. The first-order chi connectivity index (χ1) is 14.1. The van der Waals surface area contributed by atoms with Crippen LogP contribution in [-0.4, -0.2) is 73.6 Å². The van der Waals surface area contributed by atoms with Crippen molar-refractivity contribution in [2.45, 2.75) is 51.4 Å².